The van der Waals surface area contributed by atoms with E-state index in [9.17, 15) is 4.79 Å². The summed E-state index contributed by atoms with van der Waals surface area (Å²) in [5.74, 6) is 1.83. The largest absolute Gasteiger partial charge is 0.489 e. The molecule has 0 saturated heterocycles. The second-order valence-corrected chi connectivity index (χ2v) is 8.99. The van der Waals surface area contributed by atoms with Gasteiger partial charge in [0, 0.05) is 27.9 Å². The highest BCUT2D eigenvalue weighted by molar-refractivity contribution is 7.12. The maximum Gasteiger partial charge on any atom is 0.265 e. The lowest BCUT2D eigenvalue weighted by Crippen LogP contribution is -2.09. The second kappa shape index (κ2) is 9.35. The smallest absolute Gasteiger partial charge is 0.265 e. The summed E-state index contributed by atoms with van der Waals surface area (Å²) < 4.78 is 18.2. The van der Waals surface area contributed by atoms with Crippen LogP contribution in [0.1, 0.15) is 20.8 Å². The van der Waals surface area contributed by atoms with Gasteiger partial charge in [0.1, 0.15) is 12.4 Å². The molecular weight excluding hydrogens is 485 g/mol. The SMILES string of the molecule is O=C(Nc1cnn(Cc2ccc(Cl)cc2Cl)c1)c1cc(COc2ccc3c(c2)OCO3)cs1. The second-order valence-electron chi connectivity index (χ2n) is 7.24. The van der Waals surface area contributed by atoms with Crippen molar-refractivity contribution in [1.29, 1.82) is 0 Å². The summed E-state index contributed by atoms with van der Waals surface area (Å²) in [6.45, 7) is 1.02. The fraction of sp³-hybridized carbons (Fsp3) is 0.130. The number of hydrogen-bond donors (Lipinski definition) is 1. The van der Waals surface area contributed by atoms with Crippen molar-refractivity contribution in [3.05, 3.63) is 86.3 Å². The van der Waals surface area contributed by atoms with Crippen molar-refractivity contribution in [2.24, 2.45) is 0 Å². The van der Waals surface area contributed by atoms with Crippen molar-refractivity contribution in [2.75, 3.05) is 12.1 Å². The average Bonchev–Trinajstić information content (AvgIpc) is 3.55. The van der Waals surface area contributed by atoms with Crippen molar-refractivity contribution in [3.8, 4) is 17.2 Å². The van der Waals surface area contributed by atoms with Gasteiger partial charge in [-0.25, -0.2) is 0 Å². The zero-order valence-electron chi connectivity index (χ0n) is 17.1. The van der Waals surface area contributed by atoms with Crippen molar-refractivity contribution in [2.45, 2.75) is 13.2 Å². The summed E-state index contributed by atoms with van der Waals surface area (Å²) in [6.07, 6.45) is 3.35. The molecule has 33 heavy (non-hydrogen) atoms. The molecule has 1 amide bonds. The molecule has 168 valence electrons. The minimum absolute atomic E-state index is 0.210. The predicted molar refractivity (Wildman–Crippen MR) is 127 cm³/mol. The van der Waals surface area contributed by atoms with Crippen LogP contribution in [0, 0.1) is 0 Å². The number of amides is 1. The number of nitrogens with one attached hydrogen (secondary N) is 1. The van der Waals surface area contributed by atoms with Gasteiger partial charge in [0.05, 0.1) is 23.3 Å². The zero-order valence-corrected chi connectivity index (χ0v) is 19.4. The highest BCUT2D eigenvalue weighted by atomic mass is 35.5. The third-order valence-electron chi connectivity index (χ3n) is 4.87. The van der Waals surface area contributed by atoms with Gasteiger partial charge in [-0.2, -0.15) is 5.10 Å². The molecule has 0 unspecified atom stereocenters. The van der Waals surface area contributed by atoms with Gasteiger partial charge in [0.15, 0.2) is 11.5 Å². The van der Waals surface area contributed by atoms with Crippen molar-refractivity contribution in [3.63, 3.8) is 0 Å². The number of fused-ring (bicyclic) bond motifs is 1. The Morgan fingerprint density at radius 2 is 2.03 bits per heavy atom. The summed E-state index contributed by atoms with van der Waals surface area (Å²) in [7, 11) is 0. The maximum absolute atomic E-state index is 12.6. The minimum atomic E-state index is -0.210. The molecule has 2 aromatic carbocycles. The lowest BCUT2D eigenvalue weighted by molar-refractivity contribution is 0.103. The molecular formula is C23H17Cl2N3O4S. The lowest BCUT2D eigenvalue weighted by atomic mass is 10.2. The van der Waals surface area contributed by atoms with E-state index in [2.05, 4.69) is 10.4 Å². The minimum Gasteiger partial charge on any atom is -0.489 e. The number of aromatic nitrogens is 2. The van der Waals surface area contributed by atoms with E-state index in [4.69, 9.17) is 37.4 Å². The van der Waals surface area contributed by atoms with Crippen LogP contribution in [0.15, 0.2) is 60.2 Å². The number of nitrogens with zero attached hydrogens (tertiary/aromatic N) is 2. The third kappa shape index (κ3) is 5.08. The Morgan fingerprint density at radius 1 is 1.15 bits per heavy atom. The molecule has 0 bridgehead atoms. The maximum atomic E-state index is 12.6. The lowest BCUT2D eigenvalue weighted by Gasteiger charge is -2.05. The van der Waals surface area contributed by atoms with Crippen molar-refractivity contribution >= 4 is 46.1 Å². The Morgan fingerprint density at radius 3 is 2.91 bits per heavy atom. The Hall–Kier alpha value is -3.20. The molecule has 10 heteroatoms. The van der Waals surface area contributed by atoms with Gasteiger partial charge in [-0.05, 0) is 41.3 Å². The van der Waals surface area contributed by atoms with Crippen LogP contribution in [-0.4, -0.2) is 22.5 Å². The molecule has 5 rings (SSSR count). The highest BCUT2D eigenvalue weighted by Gasteiger charge is 2.15. The number of ether oxygens (including phenoxy) is 3. The number of benzene rings is 2. The van der Waals surface area contributed by atoms with Crippen LogP contribution in [0.2, 0.25) is 10.0 Å². The summed E-state index contributed by atoms with van der Waals surface area (Å²) in [6, 6.07) is 12.5. The molecule has 2 aromatic heterocycles. The number of thiophene rings is 1. The molecule has 1 aliphatic heterocycles. The zero-order chi connectivity index (χ0) is 22.8. The van der Waals surface area contributed by atoms with Crippen LogP contribution in [0.4, 0.5) is 5.69 Å². The number of carbonyl (C=O) groups is 1. The Labute approximate surface area is 203 Å². The van der Waals surface area contributed by atoms with Gasteiger partial charge < -0.3 is 19.5 Å². The summed E-state index contributed by atoms with van der Waals surface area (Å²) in [5, 5.41) is 10.2. The van der Waals surface area contributed by atoms with Gasteiger partial charge in [-0.15, -0.1) is 11.3 Å². The fourth-order valence-corrected chi connectivity index (χ4v) is 4.50. The van der Waals surface area contributed by atoms with Crippen LogP contribution < -0.4 is 19.5 Å². The quantitative estimate of drug-likeness (QED) is 0.343. The number of hydrogen-bond acceptors (Lipinski definition) is 6. The normalized spacial score (nSPS) is 12.1. The molecule has 0 atom stereocenters. The summed E-state index contributed by atoms with van der Waals surface area (Å²) in [5.41, 5.74) is 2.37. The van der Waals surface area contributed by atoms with E-state index in [1.54, 1.807) is 35.3 Å². The van der Waals surface area contributed by atoms with Gasteiger partial charge in [0.2, 0.25) is 6.79 Å². The Bertz CT molecular complexity index is 1320. The fourth-order valence-electron chi connectivity index (χ4n) is 3.24. The number of anilines is 1. The average molecular weight is 502 g/mol. The van der Waals surface area contributed by atoms with Crippen LogP contribution in [0.25, 0.3) is 0 Å². The van der Waals surface area contributed by atoms with E-state index >= 15 is 0 Å². The molecule has 1 aliphatic rings. The first-order valence-electron chi connectivity index (χ1n) is 9.91. The van der Waals surface area contributed by atoms with E-state index in [0.717, 1.165) is 11.1 Å². The van der Waals surface area contributed by atoms with Crippen molar-refractivity contribution in [1.82, 2.24) is 9.78 Å². The number of carbonyl (C=O) groups excluding carboxylic acids is 1. The van der Waals surface area contributed by atoms with E-state index < -0.39 is 0 Å². The summed E-state index contributed by atoms with van der Waals surface area (Å²) >= 11 is 13.5. The topological polar surface area (TPSA) is 74.6 Å². The molecule has 4 aromatic rings. The Balaban J connectivity index is 1.17. The van der Waals surface area contributed by atoms with Gasteiger partial charge in [-0.1, -0.05) is 29.3 Å². The first-order valence-corrected chi connectivity index (χ1v) is 11.5. The highest BCUT2D eigenvalue weighted by Crippen LogP contribution is 2.35. The summed E-state index contributed by atoms with van der Waals surface area (Å²) in [4.78, 5) is 13.2. The monoisotopic (exact) mass is 501 g/mol. The van der Waals surface area contributed by atoms with Crippen LogP contribution in [0.5, 0.6) is 17.2 Å². The van der Waals surface area contributed by atoms with E-state index in [1.807, 2.05) is 29.6 Å². The van der Waals surface area contributed by atoms with Crippen LogP contribution >= 0.6 is 34.5 Å². The van der Waals surface area contributed by atoms with Gasteiger partial charge >= 0.3 is 0 Å². The van der Waals surface area contributed by atoms with Gasteiger partial charge in [-0.3, -0.25) is 9.48 Å². The molecule has 0 radical (unpaired) electrons. The van der Waals surface area contributed by atoms with Crippen LogP contribution in [-0.2, 0) is 13.2 Å². The van der Waals surface area contributed by atoms with E-state index in [0.29, 0.717) is 51.0 Å². The van der Waals surface area contributed by atoms with E-state index in [1.165, 1.54) is 11.3 Å². The van der Waals surface area contributed by atoms with Crippen molar-refractivity contribution < 1.29 is 19.0 Å². The standard InChI is InChI=1S/C23H17Cl2N3O4S/c24-16-2-1-15(19(25)6-16)9-28-10-17(8-26-28)27-23(29)22-5-14(12-33-22)11-30-18-3-4-20-21(7-18)32-13-31-20/h1-8,10,12H,9,11,13H2,(H,27,29). The first-order chi connectivity index (χ1) is 16.0. The third-order valence-corrected chi connectivity index (χ3v) is 6.43. The van der Waals surface area contributed by atoms with Crippen LogP contribution in [0.3, 0.4) is 0 Å². The predicted octanol–water partition coefficient (Wildman–Crippen LogP) is 5.86. The molecule has 0 spiro atoms. The number of halogens is 2. The molecule has 1 N–H and O–H groups in total. The molecule has 0 saturated carbocycles. The number of rotatable bonds is 7. The molecule has 7 nitrogen and oxygen atoms in total. The molecule has 3 heterocycles. The molecule has 0 fully saturated rings. The first kappa shape index (κ1) is 21.6. The molecule has 0 aliphatic carbocycles. The van der Waals surface area contributed by atoms with E-state index in [-0.39, 0.29) is 12.7 Å². The van der Waals surface area contributed by atoms with Gasteiger partial charge in [0.25, 0.3) is 5.91 Å². The Kier molecular flexibility index (Phi) is 6.13.